The molecule has 0 bridgehead atoms. The number of rotatable bonds is 3. The first-order chi connectivity index (χ1) is 7.74. The number of ether oxygens (including phenoxy) is 2. The van der Waals surface area contributed by atoms with E-state index in [2.05, 4.69) is 4.98 Å². The van der Waals surface area contributed by atoms with Crippen LogP contribution in [-0.4, -0.2) is 24.3 Å². The number of nitrogens with zero attached hydrogens (tertiary/aromatic N) is 1. The lowest BCUT2D eigenvalue weighted by Crippen LogP contribution is -1.90. The Bertz CT molecular complexity index is 496. The highest BCUT2D eigenvalue weighted by Gasteiger charge is 2.08. The molecule has 4 nitrogen and oxygen atoms in total. The molecule has 1 heterocycles. The largest absolute Gasteiger partial charge is 0.493 e. The molecule has 1 N–H and O–H groups in total. The Hall–Kier alpha value is -1.75. The van der Waals surface area contributed by atoms with Crippen LogP contribution in [0, 0.1) is 0 Å². The summed E-state index contributed by atoms with van der Waals surface area (Å²) in [6.45, 7) is 0. The molecule has 5 heteroatoms. The molecule has 0 aliphatic carbocycles. The fourth-order valence-corrected chi connectivity index (χ4v) is 2.05. The summed E-state index contributed by atoms with van der Waals surface area (Å²) in [4.78, 5) is 3.99. The van der Waals surface area contributed by atoms with Crippen molar-refractivity contribution in [3.05, 3.63) is 23.6 Å². The van der Waals surface area contributed by atoms with Gasteiger partial charge in [-0.1, -0.05) is 0 Å². The van der Waals surface area contributed by atoms with Gasteiger partial charge in [-0.2, -0.15) is 0 Å². The quantitative estimate of drug-likeness (QED) is 0.891. The maximum Gasteiger partial charge on any atom is 0.222 e. The van der Waals surface area contributed by atoms with E-state index >= 15 is 0 Å². The maximum atomic E-state index is 9.19. The van der Waals surface area contributed by atoms with Crippen molar-refractivity contribution in [2.75, 3.05) is 14.2 Å². The predicted octanol–water partition coefficient (Wildman–Crippen LogP) is 2.53. The minimum Gasteiger partial charge on any atom is -0.493 e. The number of benzene rings is 1. The second-order valence-electron chi connectivity index (χ2n) is 3.08. The van der Waals surface area contributed by atoms with Gasteiger partial charge in [0.1, 0.15) is 5.01 Å². The first kappa shape index (κ1) is 10.8. The fraction of sp³-hybridized carbons (Fsp3) is 0.182. The minimum absolute atomic E-state index is 0.0368. The zero-order valence-corrected chi connectivity index (χ0v) is 9.75. The molecule has 1 aromatic heterocycles. The van der Waals surface area contributed by atoms with Gasteiger partial charge in [-0.3, -0.25) is 0 Å². The van der Waals surface area contributed by atoms with E-state index in [0.717, 1.165) is 10.6 Å². The third kappa shape index (κ3) is 1.94. The molecule has 0 amide bonds. The van der Waals surface area contributed by atoms with Crippen molar-refractivity contribution in [3.63, 3.8) is 0 Å². The van der Waals surface area contributed by atoms with Crippen LogP contribution in [0.2, 0.25) is 0 Å². The van der Waals surface area contributed by atoms with Crippen molar-refractivity contribution >= 4 is 11.3 Å². The fourth-order valence-electron chi connectivity index (χ4n) is 1.37. The highest BCUT2D eigenvalue weighted by Crippen LogP contribution is 2.34. The summed E-state index contributed by atoms with van der Waals surface area (Å²) in [7, 11) is 3.17. The maximum absolute atomic E-state index is 9.19. The first-order valence-electron chi connectivity index (χ1n) is 4.61. The molecular weight excluding hydrogens is 226 g/mol. The lowest BCUT2D eigenvalue weighted by Gasteiger charge is -2.07. The number of aromatic hydroxyl groups is 1. The third-order valence-corrected chi connectivity index (χ3v) is 3.00. The van der Waals surface area contributed by atoms with Crippen LogP contribution in [0.25, 0.3) is 10.6 Å². The van der Waals surface area contributed by atoms with E-state index < -0.39 is 0 Å². The van der Waals surface area contributed by atoms with E-state index in [1.807, 2.05) is 18.2 Å². The van der Waals surface area contributed by atoms with Gasteiger partial charge in [0, 0.05) is 5.56 Å². The molecule has 0 aliphatic rings. The predicted molar refractivity (Wildman–Crippen MR) is 62.3 cm³/mol. The average Bonchev–Trinajstić information content (AvgIpc) is 2.75. The topological polar surface area (TPSA) is 51.6 Å². The van der Waals surface area contributed by atoms with Gasteiger partial charge in [0.15, 0.2) is 11.5 Å². The van der Waals surface area contributed by atoms with E-state index in [0.29, 0.717) is 11.5 Å². The summed E-state index contributed by atoms with van der Waals surface area (Å²) in [5.41, 5.74) is 0.892. The molecule has 16 heavy (non-hydrogen) atoms. The van der Waals surface area contributed by atoms with Gasteiger partial charge < -0.3 is 14.6 Å². The molecule has 0 saturated carbocycles. The van der Waals surface area contributed by atoms with Crippen LogP contribution in [0.4, 0.5) is 0 Å². The molecule has 0 unspecified atom stereocenters. The smallest absolute Gasteiger partial charge is 0.222 e. The summed E-state index contributed by atoms with van der Waals surface area (Å²) >= 11 is 1.38. The molecule has 0 saturated heterocycles. The third-order valence-electron chi connectivity index (χ3n) is 2.12. The molecule has 0 spiro atoms. The van der Waals surface area contributed by atoms with Crippen LogP contribution < -0.4 is 9.47 Å². The average molecular weight is 237 g/mol. The second-order valence-corrected chi connectivity index (χ2v) is 3.94. The Balaban J connectivity index is 2.43. The Labute approximate surface area is 97.1 Å². The van der Waals surface area contributed by atoms with Crippen LogP contribution in [-0.2, 0) is 0 Å². The Morgan fingerprint density at radius 3 is 2.50 bits per heavy atom. The van der Waals surface area contributed by atoms with Crippen molar-refractivity contribution < 1.29 is 14.6 Å². The van der Waals surface area contributed by atoms with Gasteiger partial charge in [0.25, 0.3) is 0 Å². The number of hydrogen-bond donors (Lipinski definition) is 1. The number of methoxy groups -OCH3 is 2. The van der Waals surface area contributed by atoms with Gasteiger partial charge >= 0.3 is 0 Å². The Kier molecular flexibility index (Phi) is 2.96. The second kappa shape index (κ2) is 4.40. The van der Waals surface area contributed by atoms with Crippen molar-refractivity contribution in [2.45, 2.75) is 0 Å². The Morgan fingerprint density at radius 1 is 1.19 bits per heavy atom. The lowest BCUT2D eigenvalue weighted by atomic mass is 10.2. The lowest BCUT2D eigenvalue weighted by molar-refractivity contribution is 0.355. The van der Waals surface area contributed by atoms with Crippen molar-refractivity contribution in [3.8, 4) is 28.0 Å². The van der Waals surface area contributed by atoms with E-state index in [4.69, 9.17) is 9.47 Å². The van der Waals surface area contributed by atoms with Crippen LogP contribution in [0.3, 0.4) is 0 Å². The van der Waals surface area contributed by atoms with Crippen LogP contribution in [0.15, 0.2) is 23.6 Å². The molecule has 0 fully saturated rings. The Morgan fingerprint density at radius 2 is 1.94 bits per heavy atom. The summed E-state index contributed by atoms with van der Waals surface area (Å²) < 4.78 is 10.3. The molecular formula is C11H11NO3S. The summed E-state index contributed by atoms with van der Waals surface area (Å²) in [6.07, 6.45) is 0. The molecule has 0 radical (unpaired) electrons. The van der Waals surface area contributed by atoms with Gasteiger partial charge in [0.05, 0.1) is 19.6 Å². The molecule has 0 atom stereocenters. The monoisotopic (exact) mass is 237 g/mol. The molecule has 2 rings (SSSR count). The van der Waals surface area contributed by atoms with Gasteiger partial charge in [-0.25, -0.2) is 4.98 Å². The minimum atomic E-state index is 0.0368. The molecule has 1 aromatic carbocycles. The first-order valence-corrected chi connectivity index (χ1v) is 5.49. The highest BCUT2D eigenvalue weighted by atomic mass is 32.1. The van der Waals surface area contributed by atoms with Crippen molar-refractivity contribution in [2.24, 2.45) is 0 Å². The van der Waals surface area contributed by atoms with E-state index in [1.165, 1.54) is 11.3 Å². The SMILES string of the molecule is COc1ccc(-c2nc(O)cs2)cc1OC. The normalized spacial score (nSPS) is 10.1. The summed E-state index contributed by atoms with van der Waals surface area (Å²) in [5, 5.41) is 11.5. The molecule has 2 aromatic rings. The van der Waals surface area contributed by atoms with Gasteiger partial charge in [-0.05, 0) is 18.2 Å². The van der Waals surface area contributed by atoms with Crippen molar-refractivity contribution in [1.82, 2.24) is 4.98 Å². The van der Waals surface area contributed by atoms with E-state index in [1.54, 1.807) is 19.6 Å². The van der Waals surface area contributed by atoms with E-state index in [9.17, 15) is 5.11 Å². The van der Waals surface area contributed by atoms with Gasteiger partial charge in [-0.15, -0.1) is 11.3 Å². The zero-order chi connectivity index (χ0) is 11.5. The van der Waals surface area contributed by atoms with Crippen LogP contribution in [0.5, 0.6) is 17.4 Å². The molecule has 0 aliphatic heterocycles. The van der Waals surface area contributed by atoms with E-state index in [-0.39, 0.29) is 5.88 Å². The number of thiazole rings is 1. The standard InChI is InChI=1S/C11H11NO3S/c1-14-8-4-3-7(5-9(8)15-2)11-12-10(13)6-16-11/h3-6,13H,1-2H3. The zero-order valence-electron chi connectivity index (χ0n) is 8.93. The van der Waals surface area contributed by atoms with Crippen molar-refractivity contribution in [1.29, 1.82) is 0 Å². The highest BCUT2D eigenvalue weighted by molar-refractivity contribution is 7.13. The summed E-state index contributed by atoms with van der Waals surface area (Å²) in [5.74, 6) is 1.36. The molecule has 84 valence electrons. The number of hydrogen-bond acceptors (Lipinski definition) is 5. The van der Waals surface area contributed by atoms with Crippen LogP contribution in [0.1, 0.15) is 0 Å². The van der Waals surface area contributed by atoms with Gasteiger partial charge in [0.2, 0.25) is 5.88 Å². The number of aromatic nitrogens is 1. The van der Waals surface area contributed by atoms with Crippen LogP contribution >= 0.6 is 11.3 Å². The summed E-state index contributed by atoms with van der Waals surface area (Å²) in [6, 6.07) is 5.52.